The molecule has 1 saturated heterocycles. The minimum absolute atomic E-state index is 0.178. The average Bonchev–Trinajstić information content (AvgIpc) is 3.23. The van der Waals surface area contributed by atoms with Gasteiger partial charge in [-0.05, 0) is 24.3 Å². The number of carbonyl (C=O) groups excluding carboxylic acids is 2. The molecule has 114 valence electrons. The third-order valence-corrected chi connectivity index (χ3v) is 4.80. The second-order valence-electron chi connectivity index (χ2n) is 6.30. The van der Waals surface area contributed by atoms with Crippen LogP contribution in [0.2, 0.25) is 0 Å². The first-order valence-electron chi connectivity index (χ1n) is 7.43. The highest BCUT2D eigenvalue weighted by atomic mass is 16.4. The van der Waals surface area contributed by atoms with Crippen molar-refractivity contribution in [2.75, 3.05) is 19.0 Å². The van der Waals surface area contributed by atoms with Gasteiger partial charge in [0.2, 0.25) is 0 Å². The lowest BCUT2D eigenvalue weighted by atomic mass is 9.85. The lowest BCUT2D eigenvalue weighted by molar-refractivity contribution is -0.140. The summed E-state index contributed by atoms with van der Waals surface area (Å²) in [5.74, 6) is 0.834. The fourth-order valence-corrected chi connectivity index (χ4v) is 3.77. The zero-order valence-electron chi connectivity index (χ0n) is 12.5. The Hall–Kier alpha value is -2.37. The Labute approximate surface area is 128 Å². The van der Waals surface area contributed by atoms with E-state index in [1.807, 2.05) is 25.1 Å². The van der Waals surface area contributed by atoms with Crippen LogP contribution in [-0.2, 0) is 9.59 Å². The maximum absolute atomic E-state index is 12.4. The molecule has 2 heterocycles. The van der Waals surface area contributed by atoms with Crippen molar-refractivity contribution in [2.24, 2.45) is 28.8 Å². The molecule has 0 N–H and O–H groups in total. The van der Waals surface area contributed by atoms with E-state index in [4.69, 9.17) is 4.42 Å². The molecule has 2 fully saturated rings. The van der Waals surface area contributed by atoms with Crippen LogP contribution in [0.1, 0.15) is 12.2 Å². The molecule has 1 aromatic heterocycles. The molecule has 2 amide bonds. The van der Waals surface area contributed by atoms with Gasteiger partial charge in [0.15, 0.2) is 5.88 Å². The Morgan fingerprint density at radius 2 is 1.82 bits per heavy atom. The van der Waals surface area contributed by atoms with E-state index in [0.717, 1.165) is 11.4 Å². The highest BCUT2D eigenvalue weighted by molar-refractivity contribution is 6.06. The van der Waals surface area contributed by atoms with Crippen molar-refractivity contribution in [3.05, 3.63) is 30.0 Å². The van der Waals surface area contributed by atoms with E-state index >= 15 is 0 Å². The number of anilines is 1. The predicted molar refractivity (Wildman–Crippen MR) is 80.2 cm³/mol. The van der Waals surface area contributed by atoms with Crippen LogP contribution in [0.3, 0.4) is 0 Å². The van der Waals surface area contributed by atoms with Crippen LogP contribution >= 0.6 is 0 Å². The summed E-state index contributed by atoms with van der Waals surface area (Å²) in [7, 11) is 3.74. The first-order chi connectivity index (χ1) is 10.6. The number of amides is 2. The van der Waals surface area contributed by atoms with Gasteiger partial charge in [-0.15, -0.1) is 0 Å². The third-order valence-electron chi connectivity index (χ3n) is 4.80. The zero-order valence-corrected chi connectivity index (χ0v) is 12.5. The second kappa shape index (κ2) is 4.56. The summed E-state index contributed by atoms with van der Waals surface area (Å²) in [4.78, 5) is 26.7. The molecule has 6 heteroatoms. The molecule has 4 atom stereocenters. The highest BCUT2D eigenvalue weighted by Gasteiger charge is 2.59. The number of hydrazone groups is 1. The van der Waals surface area contributed by atoms with Crippen LogP contribution in [0.4, 0.5) is 5.88 Å². The Morgan fingerprint density at radius 1 is 1.18 bits per heavy atom. The Kier molecular flexibility index (Phi) is 2.76. The van der Waals surface area contributed by atoms with Gasteiger partial charge in [-0.2, -0.15) is 10.1 Å². The molecular weight excluding hydrogens is 282 g/mol. The van der Waals surface area contributed by atoms with Gasteiger partial charge in [-0.3, -0.25) is 9.59 Å². The van der Waals surface area contributed by atoms with Crippen molar-refractivity contribution < 1.29 is 14.0 Å². The molecule has 2 aliphatic carbocycles. The number of carbonyl (C=O) groups is 2. The van der Waals surface area contributed by atoms with E-state index in [9.17, 15) is 9.59 Å². The lowest BCUT2D eigenvalue weighted by Crippen LogP contribution is -2.28. The zero-order chi connectivity index (χ0) is 15.4. The van der Waals surface area contributed by atoms with E-state index in [1.165, 1.54) is 6.21 Å². The first kappa shape index (κ1) is 13.3. The minimum atomic E-state index is -0.214. The fraction of sp³-hybridized carbons (Fsp3) is 0.438. The maximum atomic E-state index is 12.4. The van der Waals surface area contributed by atoms with Gasteiger partial charge < -0.3 is 9.32 Å². The molecule has 1 aliphatic heterocycles. The predicted octanol–water partition coefficient (Wildman–Crippen LogP) is 1.49. The molecule has 6 nitrogen and oxygen atoms in total. The van der Waals surface area contributed by atoms with Crippen LogP contribution in [-0.4, -0.2) is 37.1 Å². The van der Waals surface area contributed by atoms with Gasteiger partial charge in [0.05, 0.1) is 18.1 Å². The number of fused-ring (bicyclic) bond motifs is 5. The van der Waals surface area contributed by atoms with Crippen LogP contribution < -0.4 is 4.90 Å². The first-order valence-corrected chi connectivity index (χ1v) is 7.43. The molecule has 0 unspecified atom stereocenters. The summed E-state index contributed by atoms with van der Waals surface area (Å²) in [6, 6.07) is 3.57. The van der Waals surface area contributed by atoms with Crippen molar-refractivity contribution in [1.29, 1.82) is 0 Å². The molecule has 1 aromatic rings. The molecule has 0 aromatic carbocycles. The molecule has 1 saturated carbocycles. The number of nitrogens with zero attached hydrogens (tertiary/aromatic N) is 3. The van der Waals surface area contributed by atoms with Crippen molar-refractivity contribution in [1.82, 2.24) is 5.01 Å². The molecule has 0 spiro atoms. The van der Waals surface area contributed by atoms with Gasteiger partial charge in [0, 0.05) is 20.2 Å². The smallest absolute Gasteiger partial charge is 0.254 e. The summed E-state index contributed by atoms with van der Waals surface area (Å²) in [5.41, 5.74) is 0. The number of hydrogen-bond acceptors (Lipinski definition) is 5. The van der Waals surface area contributed by atoms with Crippen LogP contribution in [0.25, 0.3) is 0 Å². The van der Waals surface area contributed by atoms with Crippen molar-refractivity contribution >= 4 is 23.9 Å². The molecule has 0 radical (unpaired) electrons. The van der Waals surface area contributed by atoms with Gasteiger partial charge in [0.25, 0.3) is 11.8 Å². The Bertz CT molecular complexity index is 673. The van der Waals surface area contributed by atoms with E-state index in [0.29, 0.717) is 11.6 Å². The maximum Gasteiger partial charge on any atom is 0.254 e. The van der Waals surface area contributed by atoms with Crippen molar-refractivity contribution in [3.63, 3.8) is 0 Å². The standard InChI is InChI=1S/C16H17N3O3/c1-18(2)12-6-5-11(22-12)8-17-19-15(20)13-9-3-4-10(7-9)14(13)16(19)21/h3-6,8-10,13-14H,7H2,1-2H3/b17-8-/t9-,10+,13-,14-/m0/s1. The van der Waals surface area contributed by atoms with E-state index in [1.54, 1.807) is 6.07 Å². The normalized spacial score (nSPS) is 32.5. The summed E-state index contributed by atoms with van der Waals surface area (Å²) in [5, 5.41) is 5.10. The number of imide groups is 1. The Balaban J connectivity index is 1.55. The summed E-state index contributed by atoms with van der Waals surface area (Å²) >= 11 is 0. The summed E-state index contributed by atoms with van der Waals surface area (Å²) in [6.45, 7) is 0. The molecule has 4 rings (SSSR count). The van der Waals surface area contributed by atoms with Crippen LogP contribution in [0, 0.1) is 23.7 Å². The summed E-state index contributed by atoms with van der Waals surface area (Å²) < 4.78 is 5.54. The number of rotatable bonds is 3. The third kappa shape index (κ3) is 1.76. The molecular formula is C16H17N3O3. The second-order valence-corrected chi connectivity index (χ2v) is 6.30. The van der Waals surface area contributed by atoms with Crippen molar-refractivity contribution in [3.8, 4) is 0 Å². The largest absolute Gasteiger partial charge is 0.440 e. The van der Waals surface area contributed by atoms with Gasteiger partial charge in [-0.1, -0.05) is 12.2 Å². The fourth-order valence-electron chi connectivity index (χ4n) is 3.77. The average molecular weight is 299 g/mol. The van der Waals surface area contributed by atoms with E-state index in [-0.39, 0.29) is 35.5 Å². The number of allylic oxidation sites excluding steroid dienone is 2. The van der Waals surface area contributed by atoms with Crippen LogP contribution in [0.15, 0.2) is 33.8 Å². The quantitative estimate of drug-likeness (QED) is 0.482. The number of furan rings is 1. The van der Waals surface area contributed by atoms with E-state index in [2.05, 4.69) is 17.3 Å². The SMILES string of the molecule is CN(C)c1ccc(/C=N\N2C(=O)[C@@H]3[C@@H](C2=O)[C@H]2C=C[C@@H]3C2)o1. The van der Waals surface area contributed by atoms with Gasteiger partial charge in [0.1, 0.15) is 5.76 Å². The highest BCUT2D eigenvalue weighted by Crippen LogP contribution is 2.52. The monoisotopic (exact) mass is 299 g/mol. The summed E-state index contributed by atoms with van der Waals surface area (Å²) in [6.07, 6.45) is 6.49. The molecule has 2 bridgehead atoms. The minimum Gasteiger partial charge on any atom is -0.440 e. The number of hydrogen-bond donors (Lipinski definition) is 0. The lowest BCUT2D eigenvalue weighted by Gasteiger charge is -2.13. The Morgan fingerprint density at radius 3 is 2.36 bits per heavy atom. The van der Waals surface area contributed by atoms with Crippen LogP contribution in [0.5, 0.6) is 0 Å². The van der Waals surface area contributed by atoms with Gasteiger partial charge in [-0.25, -0.2) is 0 Å². The molecule has 22 heavy (non-hydrogen) atoms. The molecule has 3 aliphatic rings. The van der Waals surface area contributed by atoms with E-state index < -0.39 is 0 Å². The van der Waals surface area contributed by atoms with Gasteiger partial charge >= 0.3 is 0 Å². The topological polar surface area (TPSA) is 66.1 Å². The van der Waals surface area contributed by atoms with Crippen molar-refractivity contribution in [2.45, 2.75) is 6.42 Å².